The van der Waals surface area contributed by atoms with Gasteiger partial charge >= 0.3 is 0 Å². The van der Waals surface area contributed by atoms with Gasteiger partial charge in [0.2, 0.25) is 0 Å². The summed E-state index contributed by atoms with van der Waals surface area (Å²) in [7, 11) is 0. The van der Waals surface area contributed by atoms with Crippen LogP contribution in [0.2, 0.25) is 0 Å². The lowest BCUT2D eigenvalue weighted by Gasteiger charge is -2.17. The molecular weight excluding hydrogens is 388 g/mol. The highest BCUT2D eigenvalue weighted by Crippen LogP contribution is 2.44. The van der Waals surface area contributed by atoms with E-state index >= 15 is 0 Å². The molecule has 2 aliphatic carbocycles. The molecule has 0 N–H and O–H groups in total. The van der Waals surface area contributed by atoms with E-state index in [9.17, 15) is 0 Å². The fraction of sp³-hybridized carbons (Fsp3) is 0.158. The molecule has 0 aliphatic heterocycles. The predicted octanol–water partition coefficient (Wildman–Crippen LogP) is 6.52. The molecule has 0 nitrogen and oxygen atoms in total. The van der Waals surface area contributed by atoms with Gasteiger partial charge in [0, 0.05) is 20.8 Å². The summed E-state index contributed by atoms with van der Waals surface area (Å²) < 4.78 is 2.40. The van der Waals surface area contributed by atoms with Gasteiger partial charge in [-0.05, 0) is 40.8 Å². The summed E-state index contributed by atoms with van der Waals surface area (Å²) in [5, 5.41) is 0. The van der Waals surface area contributed by atoms with E-state index in [1.54, 1.807) is 0 Å². The maximum atomic E-state index is 3.65. The van der Waals surface area contributed by atoms with Crippen molar-refractivity contribution in [2.24, 2.45) is 0 Å². The quantitative estimate of drug-likeness (QED) is 0.537. The van der Waals surface area contributed by atoms with Crippen LogP contribution in [-0.4, -0.2) is 0 Å². The van der Waals surface area contributed by atoms with Crippen molar-refractivity contribution in [2.75, 3.05) is 0 Å². The first-order chi connectivity index (χ1) is 10.2. The van der Waals surface area contributed by atoms with E-state index in [1.165, 1.54) is 31.2 Å². The van der Waals surface area contributed by atoms with E-state index < -0.39 is 0 Å². The third-order valence-corrected chi connectivity index (χ3v) is 5.85. The SMILES string of the molecule is Brc1cccc2c1C=CC2CC1C=Cc2c(Br)cccc21. The molecular formula is C19H14Br2. The van der Waals surface area contributed by atoms with Crippen LogP contribution in [0.25, 0.3) is 12.2 Å². The summed E-state index contributed by atoms with van der Waals surface area (Å²) in [6.45, 7) is 0. The molecule has 0 aromatic heterocycles. The normalized spacial score (nSPS) is 21.6. The average Bonchev–Trinajstić information content (AvgIpc) is 3.07. The Labute approximate surface area is 141 Å². The molecule has 4 rings (SSSR count). The summed E-state index contributed by atoms with van der Waals surface area (Å²) in [4.78, 5) is 0. The zero-order valence-electron chi connectivity index (χ0n) is 11.4. The summed E-state index contributed by atoms with van der Waals surface area (Å²) in [6, 6.07) is 13.0. The second kappa shape index (κ2) is 5.26. The van der Waals surface area contributed by atoms with Gasteiger partial charge in [0.1, 0.15) is 0 Å². The number of fused-ring (bicyclic) bond motifs is 2. The molecule has 0 saturated heterocycles. The van der Waals surface area contributed by atoms with Crippen LogP contribution in [0.5, 0.6) is 0 Å². The Bertz CT molecular complexity index is 706. The van der Waals surface area contributed by atoms with Crippen LogP contribution in [0.1, 0.15) is 40.5 Å². The third kappa shape index (κ3) is 2.25. The second-order valence-electron chi connectivity index (χ2n) is 5.65. The van der Waals surface area contributed by atoms with Gasteiger partial charge in [-0.3, -0.25) is 0 Å². The molecule has 2 aromatic rings. The van der Waals surface area contributed by atoms with Gasteiger partial charge in [-0.2, -0.15) is 0 Å². The van der Waals surface area contributed by atoms with E-state index in [0.717, 1.165) is 6.42 Å². The maximum absolute atomic E-state index is 3.65. The second-order valence-corrected chi connectivity index (χ2v) is 7.36. The van der Waals surface area contributed by atoms with Crippen molar-refractivity contribution in [3.63, 3.8) is 0 Å². The first-order valence-corrected chi connectivity index (χ1v) is 8.76. The van der Waals surface area contributed by atoms with E-state index in [1.807, 2.05) is 0 Å². The third-order valence-electron chi connectivity index (χ3n) is 4.47. The Kier molecular flexibility index (Phi) is 3.39. The van der Waals surface area contributed by atoms with Crippen molar-refractivity contribution in [3.05, 3.63) is 79.7 Å². The highest BCUT2D eigenvalue weighted by Gasteiger charge is 2.25. The Morgan fingerprint density at radius 3 is 1.67 bits per heavy atom. The van der Waals surface area contributed by atoms with Crippen LogP contribution < -0.4 is 0 Å². The molecule has 2 heteroatoms. The number of allylic oxidation sites excluding steroid dienone is 2. The highest BCUT2D eigenvalue weighted by atomic mass is 79.9. The molecule has 2 atom stereocenters. The van der Waals surface area contributed by atoms with Crippen LogP contribution >= 0.6 is 31.9 Å². The Balaban J connectivity index is 1.64. The fourth-order valence-electron chi connectivity index (χ4n) is 3.42. The lowest BCUT2D eigenvalue weighted by molar-refractivity contribution is 0.686. The van der Waals surface area contributed by atoms with Crippen molar-refractivity contribution in [1.29, 1.82) is 0 Å². The van der Waals surface area contributed by atoms with Crippen LogP contribution in [0.3, 0.4) is 0 Å². The lowest BCUT2D eigenvalue weighted by Crippen LogP contribution is -2.01. The highest BCUT2D eigenvalue weighted by molar-refractivity contribution is 9.10. The standard InChI is InChI=1S/C19H14Br2/c20-18-5-1-3-14-12(7-9-16(14)18)11-13-8-10-17-15(13)4-2-6-19(17)21/h1-10,12-13H,11H2. The predicted molar refractivity (Wildman–Crippen MR) is 96.5 cm³/mol. The molecule has 21 heavy (non-hydrogen) atoms. The monoisotopic (exact) mass is 400 g/mol. The molecule has 0 heterocycles. The largest absolute Gasteiger partial charge is 0.0763 e. The van der Waals surface area contributed by atoms with Crippen molar-refractivity contribution in [2.45, 2.75) is 18.3 Å². The van der Waals surface area contributed by atoms with Crippen molar-refractivity contribution in [3.8, 4) is 0 Å². The summed E-state index contributed by atoms with van der Waals surface area (Å²) in [5.74, 6) is 1.02. The van der Waals surface area contributed by atoms with Crippen LogP contribution in [0.4, 0.5) is 0 Å². The van der Waals surface area contributed by atoms with Crippen LogP contribution in [0.15, 0.2) is 57.5 Å². The zero-order valence-corrected chi connectivity index (χ0v) is 14.6. The molecule has 0 fully saturated rings. The first-order valence-electron chi connectivity index (χ1n) is 7.17. The minimum atomic E-state index is 0.511. The number of halogens is 2. The van der Waals surface area contributed by atoms with E-state index in [4.69, 9.17) is 0 Å². The Hall–Kier alpha value is -1.12. The fourth-order valence-corrected chi connectivity index (χ4v) is 4.45. The topological polar surface area (TPSA) is 0 Å². The van der Waals surface area contributed by atoms with E-state index in [2.05, 4.69) is 92.6 Å². The van der Waals surface area contributed by atoms with Gasteiger partial charge in [0.25, 0.3) is 0 Å². The van der Waals surface area contributed by atoms with Crippen molar-refractivity contribution >= 4 is 44.0 Å². The average molecular weight is 402 g/mol. The van der Waals surface area contributed by atoms with Gasteiger partial charge in [-0.25, -0.2) is 0 Å². The van der Waals surface area contributed by atoms with Gasteiger partial charge in [-0.15, -0.1) is 0 Å². The minimum Gasteiger partial charge on any atom is -0.0763 e. The first kappa shape index (κ1) is 13.5. The number of hydrogen-bond acceptors (Lipinski definition) is 0. The molecule has 2 aliphatic rings. The summed E-state index contributed by atoms with van der Waals surface area (Å²) in [5.41, 5.74) is 5.58. The smallest absolute Gasteiger partial charge is 0.0250 e. The van der Waals surface area contributed by atoms with E-state index in [0.29, 0.717) is 11.8 Å². The van der Waals surface area contributed by atoms with Crippen LogP contribution in [-0.2, 0) is 0 Å². The number of rotatable bonds is 2. The molecule has 0 radical (unpaired) electrons. The number of hydrogen-bond donors (Lipinski definition) is 0. The Morgan fingerprint density at radius 2 is 1.19 bits per heavy atom. The molecule has 0 amide bonds. The van der Waals surface area contributed by atoms with Gasteiger partial charge < -0.3 is 0 Å². The van der Waals surface area contributed by atoms with Crippen LogP contribution in [0, 0.1) is 0 Å². The van der Waals surface area contributed by atoms with E-state index in [-0.39, 0.29) is 0 Å². The minimum absolute atomic E-state index is 0.511. The summed E-state index contributed by atoms with van der Waals surface area (Å²) >= 11 is 7.30. The number of benzene rings is 2. The lowest BCUT2D eigenvalue weighted by atomic mass is 9.87. The molecule has 2 aromatic carbocycles. The molecule has 104 valence electrons. The van der Waals surface area contributed by atoms with Gasteiger partial charge in [0.05, 0.1) is 0 Å². The zero-order chi connectivity index (χ0) is 14.4. The van der Waals surface area contributed by atoms with Crippen molar-refractivity contribution < 1.29 is 0 Å². The van der Waals surface area contributed by atoms with Crippen molar-refractivity contribution in [1.82, 2.24) is 0 Å². The molecule has 0 bridgehead atoms. The Morgan fingerprint density at radius 1 is 0.714 bits per heavy atom. The summed E-state index contributed by atoms with van der Waals surface area (Å²) in [6.07, 6.45) is 10.3. The molecule has 2 unspecified atom stereocenters. The van der Waals surface area contributed by atoms with Gasteiger partial charge in [0.15, 0.2) is 0 Å². The molecule has 0 saturated carbocycles. The molecule has 0 spiro atoms. The van der Waals surface area contributed by atoms with Gasteiger partial charge in [-0.1, -0.05) is 80.4 Å². The maximum Gasteiger partial charge on any atom is 0.0250 e.